The Morgan fingerprint density at radius 1 is 1.04 bits per heavy atom. The van der Waals surface area contributed by atoms with Gasteiger partial charge in [-0.1, -0.05) is 42.0 Å². The zero-order valence-electron chi connectivity index (χ0n) is 14.9. The number of ketones is 1. The highest BCUT2D eigenvalue weighted by Crippen LogP contribution is 2.22. The summed E-state index contributed by atoms with van der Waals surface area (Å²) in [6.45, 7) is 5.12. The summed E-state index contributed by atoms with van der Waals surface area (Å²) < 4.78 is 10.7. The lowest BCUT2D eigenvalue weighted by atomic mass is 10.0. The van der Waals surface area contributed by atoms with Gasteiger partial charge >= 0.3 is 5.97 Å². The van der Waals surface area contributed by atoms with Crippen molar-refractivity contribution in [2.24, 2.45) is 0 Å². The molecule has 0 radical (unpaired) electrons. The van der Waals surface area contributed by atoms with Gasteiger partial charge in [0.25, 0.3) is 0 Å². The SMILES string of the molecule is Cc1ccc(C(=O)COC(=O)c2nc(-c3ccccc3)oc2C)c(C)c1. The summed E-state index contributed by atoms with van der Waals surface area (Å²) in [5, 5.41) is 0. The summed E-state index contributed by atoms with van der Waals surface area (Å²) in [6.07, 6.45) is 0. The van der Waals surface area contributed by atoms with Crippen LogP contribution in [0.3, 0.4) is 0 Å². The van der Waals surface area contributed by atoms with Crippen molar-refractivity contribution < 1.29 is 18.7 Å². The van der Waals surface area contributed by atoms with E-state index in [2.05, 4.69) is 4.98 Å². The summed E-state index contributed by atoms with van der Waals surface area (Å²) in [4.78, 5) is 28.8. The van der Waals surface area contributed by atoms with Gasteiger partial charge in [-0.2, -0.15) is 0 Å². The van der Waals surface area contributed by atoms with Crippen LogP contribution in [0.1, 0.15) is 37.7 Å². The van der Waals surface area contributed by atoms with Gasteiger partial charge < -0.3 is 9.15 Å². The number of ether oxygens (including phenoxy) is 1. The van der Waals surface area contributed by atoms with Crippen LogP contribution < -0.4 is 0 Å². The van der Waals surface area contributed by atoms with Gasteiger partial charge in [-0.3, -0.25) is 4.79 Å². The molecule has 1 heterocycles. The summed E-state index contributed by atoms with van der Waals surface area (Å²) in [7, 11) is 0. The number of Topliss-reactive ketones (excluding diaryl/α,β-unsaturated/α-hetero) is 1. The minimum atomic E-state index is -0.674. The molecule has 5 nitrogen and oxygen atoms in total. The normalized spacial score (nSPS) is 10.6. The highest BCUT2D eigenvalue weighted by Gasteiger charge is 2.21. The minimum absolute atomic E-state index is 0.0808. The Morgan fingerprint density at radius 2 is 1.77 bits per heavy atom. The number of rotatable bonds is 5. The molecular weight excluding hydrogens is 330 g/mol. The molecule has 0 atom stereocenters. The molecule has 0 fully saturated rings. The predicted octanol–water partition coefficient (Wildman–Crippen LogP) is 4.31. The van der Waals surface area contributed by atoms with E-state index in [9.17, 15) is 9.59 Å². The van der Waals surface area contributed by atoms with E-state index in [0.29, 0.717) is 17.2 Å². The lowest BCUT2D eigenvalue weighted by molar-refractivity contribution is 0.0467. The second-order valence-electron chi connectivity index (χ2n) is 6.11. The molecule has 0 saturated carbocycles. The van der Waals surface area contributed by atoms with Crippen molar-refractivity contribution in [1.29, 1.82) is 0 Å². The molecule has 132 valence electrons. The number of carbonyl (C=O) groups excluding carboxylic acids is 2. The zero-order valence-corrected chi connectivity index (χ0v) is 14.9. The molecule has 5 heteroatoms. The topological polar surface area (TPSA) is 69.4 Å². The maximum Gasteiger partial charge on any atom is 0.361 e. The molecule has 0 N–H and O–H groups in total. The second-order valence-corrected chi connectivity index (χ2v) is 6.11. The van der Waals surface area contributed by atoms with Crippen LogP contribution in [0.5, 0.6) is 0 Å². The van der Waals surface area contributed by atoms with Crippen LogP contribution in [0.2, 0.25) is 0 Å². The monoisotopic (exact) mass is 349 g/mol. The first kappa shape index (κ1) is 17.6. The third-order valence-corrected chi connectivity index (χ3v) is 4.03. The fourth-order valence-corrected chi connectivity index (χ4v) is 2.69. The van der Waals surface area contributed by atoms with Crippen LogP contribution >= 0.6 is 0 Å². The molecule has 0 saturated heterocycles. The smallest absolute Gasteiger partial charge is 0.361 e. The van der Waals surface area contributed by atoms with E-state index >= 15 is 0 Å². The first-order valence-electron chi connectivity index (χ1n) is 8.26. The first-order chi connectivity index (χ1) is 12.5. The van der Waals surface area contributed by atoms with E-state index in [0.717, 1.165) is 16.7 Å². The summed E-state index contributed by atoms with van der Waals surface area (Å²) in [6, 6.07) is 14.8. The summed E-state index contributed by atoms with van der Waals surface area (Å²) >= 11 is 0. The van der Waals surface area contributed by atoms with Gasteiger partial charge in [0.2, 0.25) is 11.7 Å². The molecule has 0 unspecified atom stereocenters. The number of hydrogen-bond donors (Lipinski definition) is 0. The van der Waals surface area contributed by atoms with Gasteiger partial charge in [0.05, 0.1) is 0 Å². The van der Waals surface area contributed by atoms with Crippen molar-refractivity contribution in [3.05, 3.63) is 76.7 Å². The number of oxazole rings is 1. The zero-order chi connectivity index (χ0) is 18.7. The average molecular weight is 349 g/mol. The number of benzene rings is 2. The third-order valence-electron chi connectivity index (χ3n) is 4.03. The van der Waals surface area contributed by atoms with E-state index in [1.165, 1.54) is 0 Å². The molecule has 3 rings (SSSR count). The lowest BCUT2D eigenvalue weighted by Crippen LogP contribution is -2.16. The van der Waals surface area contributed by atoms with Crippen LogP contribution in [0, 0.1) is 20.8 Å². The third kappa shape index (κ3) is 3.72. The van der Waals surface area contributed by atoms with E-state index in [-0.39, 0.29) is 18.1 Å². The van der Waals surface area contributed by atoms with Gasteiger partial charge in [0, 0.05) is 11.1 Å². The Morgan fingerprint density at radius 3 is 2.46 bits per heavy atom. The Bertz CT molecular complexity index is 957. The van der Waals surface area contributed by atoms with Crippen molar-refractivity contribution in [2.45, 2.75) is 20.8 Å². The number of nitrogens with zero attached hydrogens (tertiary/aromatic N) is 1. The highest BCUT2D eigenvalue weighted by atomic mass is 16.5. The van der Waals surface area contributed by atoms with Gasteiger partial charge in [-0.25, -0.2) is 9.78 Å². The van der Waals surface area contributed by atoms with Crippen molar-refractivity contribution >= 4 is 11.8 Å². The molecule has 26 heavy (non-hydrogen) atoms. The molecule has 0 bridgehead atoms. The Hall–Kier alpha value is -3.21. The highest BCUT2D eigenvalue weighted by molar-refractivity contribution is 6.00. The fourth-order valence-electron chi connectivity index (χ4n) is 2.69. The standard InChI is InChI=1S/C21H19NO4/c1-13-9-10-17(14(2)11-13)18(23)12-25-21(24)19-15(3)26-20(22-19)16-7-5-4-6-8-16/h4-11H,12H2,1-3H3. The second kappa shape index (κ2) is 7.35. The van der Waals surface area contributed by atoms with Crippen LogP contribution in [-0.2, 0) is 4.74 Å². The van der Waals surface area contributed by atoms with E-state index in [1.54, 1.807) is 13.0 Å². The minimum Gasteiger partial charge on any atom is -0.452 e. The molecule has 0 aliphatic carbocycles. The number of hydrogen-bond acceptors (Lipinski definition) is 5. The largest absolute Gasteiger partial charge is 0.452 e. The summed E-state index contributed by atoms with van der Waals surface area (Å²) in [5.74, 6) is -0.226. The lowest BCUT2D eigenvalue weighted by Gasteiger charge is -2.06. The molecule has 3 aromatic rings. The molecule has 0 spiro atoms. The Balaban J connectivity index is 1.71. The van der Waals surface area contributed by atoms with E-state index < -0.39 is 5.97 Å². The number of aromatic nitrogens is 1. The maximum atomic E-state index is 12.3. The summed E-state index contributed by atoms with van der Waals surface area (Å²) in [5.41, 5.74) is 3.32. The Labute approximate surface area is 151 Å². The molecule has 2 aromatic carbocycles. The Kier molecular flexibility index (Phi) is 4.98. The first-order valence-corrected chi connectivity index (χ1v) is 8.26. The van der Waals surface area contributed by atoms with Gasteiger partial charge in [-0.15, -0.1) is 0 Å². The van der Waals surface area contributed by atoms with Crippen molar-refractivity contribution in [3.63, 3.8) is 0 Å². The number of esters is 1. The van der Waals surface area contributed by atoms with Crippen LogP contribution in [0.15, 0.2) is 52.9 Å². The predicted molar refractivity (Wildman–Crippen MR) is 97.2 cm³/mol. The van der Waals surface area contributed by atoms with Gasteiger partial charge in [0.15, 0.2) is 12.3 Å². The molecule has 0 amide bonds. The quantitative estimate of drug-likeness (QED) is 0.507. The number of aryl methyl sites for hydroxylation is 3. The van der Waals surface area contributed by atoms with Crippen molar-refractivity contribution in [1.82, 2.24) is 4.98 Å². The van der Waals surface area contributed by atoms with Crippen LogP contribution in [-0.4, -0.2) is 23.3 Å². The molecule has 1 aromatic heterocycles. The van der Waals surface area contributed by atoms with Gasteiger partial charge in [-0.05, 0) is 38.5 Å². The van der Waals surface area contributed by atoms with E-state index in [1.807, 2.05) is 56.3 Å². The molecule has 0 aliphatic rings. The van der Waals surface area contributed by atoms with Crippen LogP contribution in [0.4, 0.5) is 0 Å². The molecular formula is C21H19NO4. The van der Waals surface area contributed by atoms with Gasteiger partial charge in [0.1, 0.15) is 5.76 Å². The van der Waals surface area contributed by atoms with Crippen molar-refractivity contribution in [3.8, 4) is 11.5 Å². The average Bonchev–Trinajstić information content (AvgIpc) is 3.02. The van der Waals surface area contributed by atoms with Crippen LogP contribution in [0.25, 0.3) is 11.5 Å². The number of carbonyl (C=O) groups is 2. The molecule has 0 aliphatic heterocycles. The maximum absolute atomic E-state index is 12.3. The van der Waals surface area contributed by atoms with E-state index in [4.69, 9.17) is 9.15 Å². The van der Waals surface area contributed by atoms with Crippen molar-refractivity contribution in [2.75, 3.05) is 6.61 Å². The fraction of sp³-hybridized carbons (Fsp3) is 0.190.